The SMILES string of the molecule is Nc1nc(OC=O)cs1. The second kappa shape index (κ2) is 2.45. The highest BCUT2D eigenvalue weighted by atomic mass is 32.1. The minimum atomic E-state index is 0.257. The summed E-state index contributed by atoms with van der Waals surface area (Å²) in [6.07, 6.45) is 0. The number of hydrogen-bond donors (Lipinski definition) is 1. The van der Waals surface area contributed by atoms with Crippen LogP contribution in [-0.4, -0.2) is 11.5 Å². The van der Waals surface area contributed by atoms with Crippen molar-refractivity contribution in [3.63, 3.8) is 0 Å². The standard InChI is InChI=1S/C4H4N2O2S/c5-4-6-3(1-9-4)8-2-7/h1-2H,(H2,5,6). The molecule has 4 nitrogen and oxygen atoms in total. The second-order valence-electron chi connectivity index (χ2n) is 1.24. The Bertz CT molecular complexity index is 210. The number of carbonyl (C=O) groups is 1. The summed E-state index contributed by atoms with van der Waals surface area (Å²) in [7, 11) is 0. The third kappa shape index (κ3) is 1.39. The van der Waals surface area contributed by atoms with Crippen molar-refractivity contribution in [3.05, 3.63) is 5.38 Å². The highest BCUT2D eigenvalue weighted by Gasteiger charge is 1.95. The smallest absolute Gasteiger partial charge is 0.299 e. The maximum Gasteiger partial charge on any atom is 0.299 e. The Hall–Kier alpha value is -1.10. The number of thiazole rings is 1. The third-order valence-corrected chi connectivity index (χ3v) is 1.32. The highest BCUT2D eigenvalue weighted by Crippen LogP contribution is 2.16. The molecule has 0 spiro atoms. The largest absolute Gasteiger partial charge is 0.409 e. The van der Waals surface area contributed by atoms with Crippen LogP contribution in [0.1, 0.15) is 0 Å². The number of carbonyl (C=O) groups excluding carboxylic acids is 1. The van der Waals surface area contributed by atoms with Crippen molar-refractivity contribution in [1.82, 2.24) is 4.98 Å². The van der Waals surface area contributed by atoms with Crippen LogP contribution in [0.4, 0.5) is 5.13 Å². The molecule has 0 amide bonds. The Labute approximate surface area is 55.3 Å². The lowest BCUT2D eigenvalue weighted by molar-refractivity contribution is -0.120. The number of hydrogen-bond acceptors (Lipinski definition) is 5. The van der Waals surface area contributed by atoms with E-state index in [1.165, 1.54) is 11.3 Å². The van der Waals surface area contributed by atoms with E-state index in [4.69, 9.17) is 5.73 Å². The van der Waals surface area contributed by atoms with Crippen LogP contribution in [0, 0.1) is 0 Å². The molecule has 0 radical (unpaired) electrons. The van der Waals surface area contributed by atoms with Crippen LogP contribution in [-0.2, 0) is 4.79 Å². The third-order valence-electron chi connectivity index (χ3n) is 0.670. The van der Waals surface area contributed by atoms with Gasteiger partial charge in [0.15, 0.2) is 5.13 Å². The van der Waals surface area contributed by atoms with Gasteiger partial charge in [-0.3, -0.25) is 4.79 Å². The molecule has 2 N–H and O–H groups in total. The highest BCUT2D eigenvalue weighted by molar-refractivity contribution is 7.13. The van der Waals surface area contributed by atoms with Crippen LogP contribution in [0.25, 0.3) is 0 Å². The van der Waals surface area contributed by atoms with Gasteiger partial charge in [-0.15, -0.1) is 11.3 Å². The fourth-order valence-corrected chi connectivity index (χ4v) is 0.848. The van der Waals surface area contributed by atoms with Gasteiger partial charge in [-0.1, -0.05) is 0 Å². The number of aromatic nitrogens is 1. The van der Waals surface area contributed by atoms with Crippen molar-refractivity contribution in [2.75, 3.05) is 5.73 Å². The number of nitrogen functional groups attached to an aromatic ring is 1. The number of rotatable bonds is 2. The molecule has 0 aliphatic carbocycles. The Balaban J connectivity index is 2.72. The maximum atomic E-state index is 9.69. The van der Waals surface area contributed by atoms with Gasteiger partial charge in [-0.25, -0.2) is 0 Å². The second-order valence-corrected chi connectivity index (χ2v) is 2.13. The van der Waals surface area contributed by atoms with Gasteiger partial charge < -0.3 is 10.5 Å². The molecule has 0 bridgehead atoms. The first-order valence-electron chi connectivity index (χ1n) is 2.14. The maximum absolute atomic E-state index is 9.69. The van der Waals surface area contributed by atoms with Crippen molar-refractivity contribution >= 4 is 22.9 Å². The molecule has 5 heteroatoms. The van der Waals surface area contributed by atoms with Gasteiger partial charge in [0.05, 0.1) is 5.38 Å². The quantitative estimate of drug-likeness (QED) is 0.604. The Kier molecular flexibility index (Phi) is 1.64. The van der Waals surface area contributed by atoms with Crippen molar-refractivity contribution < 1.29 is 9.53 Å². The molecule has 1 aromatic heterocycles. The first kappa shape index (κ1) is 6.03. The Morgan fingerprint density at radius 1 is 1.89 bits per heavy atom. The van der Waals surface area contributed by atoms with E-state index in [2.05, 4.69) is 9.72 Å². The summed E-state index contributed by atoms with van der Waals surface area (Å²) in [5.41, 5.74) is 5.22. The van der Waals surface area contributed by atoms with E-state index < -0.39 is 0 Å². The fraction of sp³-hybridized carbons (Fsp3) is 0. The monoisotopic (exact) mass is 144 g/mol. The lowest BCUT2D eigenvalue weighted by Gasteiger charge is -1.83. The van der Waals surface area contributed by atoms with Gasteiger partial charge in [0, 0.05) is 0 Å². The molecule has 1 heterocycles. The van der Waals surface area contributed by atoms with Gasteiger partial charge in [-0.2, -0.15) is 4.98 Å². The minimum absolute atomic E-state index is 0.257. The average molecular weight is 144 g/mol. The van der Waals surface area contributed by atoms with Gasteiger partial charge in [0.1, 0.15) is 0 Å². The van der Waals surface area contributed by atoms with E-state index >= 15 is 0 Å². The van der Waals surface area contributed by atoms with Gasteiger partial charge in [0.25, 0.3) is 6.47 Å². The molecule has 9 heavy (non-hydrogen) atoms. The van der Waals surface area contributed by atoms with Crippen molar-refractivity contribution in [3.8, 4) is 5.88 Å². The van der Waals surface area contributed by atoms with E-state index in [1.807, 2.05) is 0 Å². The molecule has 0 aromatic carbocycles. The number of nitrogens with zero attached hydrogens (tertiary/aromatic N) is 1. The normalized spacial score (nSPS) is 8.89. The van der Waals surface area contributed by atoms with Crippen molar-refractivity contribution in [1.29, 1.82) is 0 Å². The predicted octanol–water partition coefficient (Wildman–Crippen LogP) is 0.260. The van der Waals surface area contributed by atoms with E-state index in [1.54, 1.807) is 5.38 Å². The summed E-state index contributed by atoms with van der Waals surface area (Å²) in [6.45, 7) is 0.314. The molecule has 1 aromatic rings. The minimum Gasteiger partial charge on any atom is -0.409 e. The van der Waals surface area contributed by atoms with Crippen LogP contribution in [0.15, 0.2) is 5.38 Å². The van der Waals surface area contributed by atoms with E-state index in [-0.39, 0.29) is 5.88 Å². The summed E-state index contributed by atoms with van der Waals surface area (Å²) < 4.78 is 4.37. The van der Waals surface area contributed by atoms with Gasteiger partial charge >= 0.3 is 0 Å². The van der Waals surface area contributed by atoms with Gasteiger partial charge in [0.2, 0.25) is 5.88 Å². The molecular formula is C4H4N2O2S. The average Bonchev–Trinajstić information content (AvgIpc) is 2.17. The molecule has 1 rings (SSSR count). The lowest BCUT2D eigenvalue weighted by atomic mass is 10.9. The molecule has 0 aliphatic heterocycles. The molecule has 0 aliphatic rings. The summed E-state index contributed by atoms with van der Waals surface area (Å²) in [5, 5.41) is 1.95. The van der Waals surface area contributed by atoms with Crippen LogP contribution < -0.4 is 10.5 Å². The number of anilines is 1. The van der Waals surface area contributed by atoms with Crippen molar-refractivity contribution in [2.24, 2.45) is 0 Å². The van der Waals surface area contributed by atoms with E-state index in [9.17, 15) is 4.79 Å². The molecule has 0 fully saturated rings. The summed E-state index contributed by atoms with van der Waals surface area (Å²) in [5.74, 6) is 0.257. The molecule has 0 saturated carbocycles. The zero-order valence-electron chi connectivity index (χ0n) is 4.40. The molecule has 0 unspecified atom stereocenters. The zero-order chi connectivity index (χ0) is 6.69. The van der Waals surface area contributed by atoms with E-state index in [0.29, 0.717) is 11.6 Å². The molecule has 0 saturated heterocycles. The zero-order valence-corrected chi connectivity index (χ0v) is 5.22. The van der Waals surface area contributed by atoms with E-state index in [0.717, 1.165) is 0 Å². The van der Waals surface area contributed by atoms with Gasteiger partial charge in [-0.05, 0) is 0 Å². The summed E-state index contributed by atoms with van der Waals surface area (Å²) in [6, 6.07) is 0. The molecular weight excluding hydrogens is 140 g/mol. The first-order chi connectivity index (χ1) is 4.33. The first-order valence-corrected chi connectivity index (χ1v) is 3.02. The topological polar surface area (TPSA) is 65.2 Å². The Morgan fingerprint density at radius 3 is 3.11 bits per heavy atom. The molecule has 0 atom stereocenters. The Morgan fingerprint density at radius 2 is 2.67 bits per heavy atom. The fourth-order valence-electron chi connectivity index (χ4n) is 0.376. The lowest BCUT2D eigenvalue weighted by Crippen LogP contribution is -1.88. The van der Waals surface area contributed by atoms with Crippen LogP contribution in [0.5, 0.6) is 5.88 Å². The number of nitrogens with two attached hydrogens (primary N) is 1. The summed E-state index contributed by atoms with van der Waals surface area (Å²) in [4.78, 5) is 13.3. The van der Waals surface area contributed by atoms with Crippen LogP contribution in [0.2, 0.25) is 0 Å². The predicted molar refractivity (Wildman–Crippen MR) is 33.2 cm³/mol. The molecule has 48 valence electrons. The van der Waals surface area contributed by atoms with Crippen LogP contribution >= 0.6 is 11.3 Å². The van der Waals surface area contributed by atoms with Crippen LogP contribution in [0.3, 0.4) is 0 Å². The number of ether oxygens (including phenoxy) is 1. The summed E-state index contributed by atoms with van der Waals surface area (Å²) >= 11 is 1.23. The van der Waals surface area contributed by atoms with Crippen molar-refractivity contribution in [2.45, 2.75) is 0 Å².